The summed E-state index contributed by atoms with van der Waals surface area (Å²) in [5.41, 5.74) is 0.567. The van der Waals surface area contributed by atoms with Crippen LogP contribution < -0.4 is 10.6 Å². The summed E-state index contributed by atoms with van der Waals surface area (Å²) in [6.07, 6.45) is 2.87. The highest BCUT2D eigenvalue weighted by Gasteiger charge is 2.86. The SMILES string of the molecule is CC(CNc1nc(NC23CC2(F)C3)c2cnn(C)c2n1)c1ccccc1. The summed E-state index contributed by atoms with van der Waals surface area (Å²) in [7, 11) is 1.85. The number of aryl methyl sites for hydroxylation is 1. The average Bonchev–Trinajstić information content (AvgIpc) is 3.31. The second kappa shape index (κ2) is 5.16. The number of nitrogens with one attached hydrogen (secondary N) is 2. The topological polar surface area (TPSA) is 67.7 Å². The molecule has 0 bridgehead atoms. The summed E-state index contributed by atoms with van der Waals surface area (Å²) in [5.74, 6) is 1.52. The van der Waals surface area contributed by atoms with Crippen LogP contribution in [-0.4, -0.2) is 37.5 Å². The monoisotopic (exact) mass is 352 g/mol. The molecule has 6 nitrogen and oxygen atoms in total. The summed E-state index contributed by atoms with van der Waals surface area (Å²) in [6.45, 7) is 2.87. The lowest BCUT2D eigenvalue weighted by molar-refractivity contribution is 0.391. The van der Waals surface area contributed by atoms with E-state index in [9.17, 15) is 4.39 Å². The third-order valence-electron chi connectivity index (χ3n) is 5.66. The second-order valence-electron chi connectivity index (χ2n) is 7.62. The highest BCUT2D eigenvalue weighted by Crippen LogP contribution is 2.74. The molecule has 2 N–H and O–H groups in total. The zero-order valence-electron chi connectivity index (χ0n) is 14.8. The molecule has 2 saturated carbocycles. The maximum Gasteiger partial charge on any atom is 0.226 e. The van der Waals surface area contributed by atoms with Crippen molar-refractivity contribution >= 4 is 22.8 Å². The Balaban J connectivity index is 1.40. The van der Waals surface area contributed by atoms with Gasteiger partial charge in [-0.15, -0.1) is 0 Å². The molecular weight excluding hydrogens is 331 g/mol. The minimum absolute atomic E-state index is 0.322. The molecule has 1 unspecified atom stereocenters. The number of anilines is 2. The Morgan fingerprint density at radius 3 is 2.65 bits per heavy atom. The quantitative estimate of drug-likeness (QED) is 0.713. The Bertz CT molecular complexity index is 976. The van der Waals surface area contributed by atoms with Crippen molar-refractivity contribution in [2.24, 2.45) is 7.05 Å². The van der Waals surface area contributed by atoms with Gasteiger partial charge >= 0.3 is 0 Å². The van der Waals surface area contributed by atoms with E-state index in [-0.39, 0.29) is 0 Å². The second-order valence-corrected chi connectivity index (χ2v) is 7.62. The predicted octanol–water partition coefficient (Wildman–Crippen LogP) is 3.25. The number of alkyl halides is 1. The van der Waals surface area contributed by atoms with Gasteiger partial charge in [-0.3, -0.25) is 4.68 Å². The van der Waals surface area contributed by atoms with Crippen molar-refractivity contribution in [2.45, 2.75) is 36.9 Å². The van der Waals surface area contributed by atoms with Crippen molar-refractivity contribution in [1.29, 1.82) is 0 Å². The minimum atomic E-state index is -1.03. The van der Waals surface area contributed by atoms with Crippen LogP contribution in [0.25, 0.3) is 11.0 Å². The molecule has 1 atom stereocenters. The molecule has 1 aromatic carbocycles. The lowest BCUT2D eigenvalue weighted by Crippen LogP contribution is -2.16. The number of nitrogens with zero attached hydrogens (tertiary/aromatic N) is 4. The highest BCUT2D eigenvalue weighted by atomic mass is 19.1. The zero-order chi connectivity index (χ0) is 17.9. The van der Waals surface area contributed by atoms with Crippen LogP contribution in [0.2, 0.25) is 0 Å². The summed E-state index contributed by atoms with van der Waals surface area (Å²) < 4.78 is 15.7. The number of aromatic nitrogens is 4. The van der Waals surface area contributed by atoms with Crippen LogP contribution in [0, 0.1) is 0 Å². The van der Waals surface area contributed by atoms with Crippen molar-refractivity contribution in [1.82, 2.24) is 19.7 Å². The standard InChI is InChI=1S/C19H21FN6/c1-12(13-6-4-3-5-7-13)8-21-17-23-15(25-19-10-18(19,20)11-19)14-9-22-26(2)16(14)24-17/h3-7,9,12H,8,10-11H2,1-2H3,(H2,21,23,24,25). The fourth-order valence-corrected chi connectivity index (χ4v) is 3.58. The molecule has 26 heavy (non-hydrogen) atoms. The molecule has 2 aliphatic rings. The summed E-state index contributed by atoms with van der Waals surface area (Å²) >= 11 is 0. The van der Waals surface area contributed by atoms with E-state index < -0.39 is 11.2 Å². The normalized spacial score (nSPS) is 27.0. The molecule has 3 aromatic rings. The van der Waals surface area contributed by atoms with Gasteiger partial charge in [0.1, 0.15) is 11.5 Å². The summed E-state index contributed by atoms with van der Waals surface area (Å²) in [6, 6.07) is 10.3. The lowest BCUT2D eigenvalue weighted by atomic mass is 10.0. The van der Waals surface area contributed by atoms with Gasteiger partial charge in [-0.1, -0.05) is 37.3 Å². The van der Waals surface area contributed by atoms with Gasteiger partial charge in [0, 0.05) is 26.4 Å². The number of hydrogen-bond acceptors (Lipinski definition) is 5. The number of fused-ring (bicyclic) bond motifs is 2. The van der Waals surface area contributed by atoms with Crippen molar-refractivity contribution < 1.29 is 4.39 Å². The van der Waals surface area contributed by atoms with E-state index in [1.165, 1.54) is 5.56 Å². The lowest BCUT2D eigenvalue weighted by Gasteiger charge is -2.15. The smallest absolute Gasteiger partial charge is 0.226 e. The fourth-order valence-electron chi connectivity index (χ4n) is 3.58. The minimum Gasteiger partial charge on any atom is -0.360 e. The Morgan fingerprint density at radius 1 is 1.23 bits per heavy atom. The van der Waals surface area contributed by atoms with Gasteiger partial charge in [-0.25, -0.2) is 4.39 Å². The van der Waals surface area contributed by atoms with Gasteiger partial charge in [0.15, 0.2) is 5.65 Å². The first kappa shape index (κ1) is 15.5. The maximum absolute atomic E-state index is 14.0. The molecule has 7 heteroatoms. The van der Waals surface area contributed by atoms with Crippen molar-refractivity contribution in [3.63, 3.8) is 0 Å². The Labute approximate surface area is 150 Å². The molecule has 134 valence electrons. The molecule has 0 radical (unpaired) electrons. The Morgan fingerprint density at radius 2 is 1.96 bits per heavy atom. The van der Waals surface area contributed by atoms with Crippen molar-refractivity contribution in [2.75, 3.05) is 17.2 Å². The molecule has 5 rings (SSSR count). The molecule has 0 spiro atoms. The first-order chi connectivity index (χ1) is 12.5. The first-order valence-corrected chi connectivity index (χ1v) is 8.95. The maximum atomic E-state index is 14.0. The zero-order valence-corrected chi connectivity index (χ0v) is 14.8. The van der Waals surface area contributed by atoms with Crippen LogP contribution in [0.5, 0.6) is 0 Å². The number of rotatable bonds is 6. The van der Waals surface area contributed by atoms with E-state index >= 15 is 0 Å². The van der Waals surface area contributed by atoms with Crippen LogP contribution in [0.1, 0.15) is 31.2 Å². The Kier molecular flexibility index (Phi) is 3.08. The molecule has 0 saturated heterocycles. The molecule has 0 aliphatic heterocycles. The van der Waals surface area contributed by atoms with Crippen LogP contribution in [0.3, 0.4) is 0 Å². The first-order valence-electron chi connectivity index (χ1n) is 8.95. The van der Waals surface area contributed by atoms with Gasteiger partial charge < -0.3 is 10.6 Å². The number of halogens is 1. The molecule has 2 aromatic heterocycles. The number of benzene rings is 1. The molecule has 2 fully saturated rings. The van der Waals surface area contributed by atoms with Gasteiger partial charge in [-0.05, 0) is 11.5 Å². The van der Waals surface area contributed by atoms with Crippen LogP contribution >= 0.6 is 0 Å². The van der Waals surface area contributed by atoms with Gasteiger partial charge in [0.25, 0.3) is 0 Å². The molecule has 0 amide bonds. The van der Waals surface area contributed by atoms with E-state index in [0.29, 0.717) is 37.1 Å². The number of hydrogen-bond donors (Lipinski definition) is 2. The van der Waals surface area contributed by atoms with Crippen molar-refractivity contribution in [3.05, 3.63) is 42.1 Å². The third kappa shape index (κ3) is 2.34. The van der Waals surface area contributed by atoms with E-state index in [1.54, 1.807) is 10.9 Å². The van der Waals surface area contributed by atoms with E-state index in [4.69, 9.17) is 0 Å². The summed E-state index contributed by atoms with van der Waals surface area (Å²) in [4.78, 5) is 9.20. The average molecular weight is 352 g/mol. The van der Waals surface area contributed by atoms with Gasteiger partial charge in [-0.2, -0.15) is 15.1 Å². The van der Waals surface area contributed by atoms with Gasteiger partial charge in [0.2, 0.25) is 5.95 Å². The molecule has 2 aliphatic carbocycles. The largest absolute Gasteiger partial charge is 0.360 e. The van der Waals surface area contributed by atoms with Crippen LogP contribution in [0.4, 0.5) is 16.2 Å². The van der Waals surface area contributed by atoms with Gasteiger partial charge in [0.05, 0.1) is 17.1 Å². The highest BCUT2D eigenvalue weighted by molar-refractivity contribution is 5.88. The fraction of sp³-hybridized carbons (Fsp3) is 0.421. The van der Waals surface area contributed by atoms with E-state index in [1.807, 2.05) is 25.2 Å². The molecule has 2 heterocycles. The predicted molar refractivity (Wildman–Crippen MR) is 99.1 cm³/mol. The van der Waals surface area contributed by atoms with E-state index in [0.717, 1.165) is 11.0 Å². The Hall–Kier alpha value is -2.70. The summed E-state index contributed by atoms with van der Waals surface area (Å²) in [5, 5.41) is 11.7. The van der Waals surface area contributed by atoms with E-state index in [2.05, 4.69) is 44.8 Å². The van der Waals surface area contributed by atoms with Crippen LogP contribution in [0.15, 0.2) is 36.5 Å². The molecular formula is C19H21FN6. The van der Waals surface area contributed by atoms with Crippen molar-refractivity contribution in [3.8, 4) is 0 Å². The van der Waals surface area contributed by atoms with Crippen LogP contribution in [-0.2, 0) is 7.05 Å². The third-order valence-corrected chi connectivity index (χ3v) is 5.66.